The van der Waals surface area contributed by atoms with Gasteiger partial charge >= 0.3 is 19.8 Å². The minimum atomic E-state index is -4.73. The minimum Gasteiger partial charge on any atom is -0.462 e. The molecule has 0 aromatic heterocycles. The third-order valence-electron chi connectivity index (χ3n) is 6.28. The van der Waals surface area contributed by atoms with Crippen molar-refractivity contribution in [1.29, 1.82) is 0 Å². The van der Waals surface area contributed by atoms with Gasteiger partial charge in [0.25, 0.3) is 0 Å². The monoisotopic (exact) mass is 562 g/mol. The van der Waals surface area contributed by atoms with Crippen molar-refractivity contribution in [2.75, 3.05) is 13.2 Å². The van der Waals surface area contributed by atoms with Crippen molar-refractivity contribution in [3.8, 4) is 0 Å². The summed E-state index contributed by atoms with van der Waals surface area (Å²) in [6.07, 6.45) is 24.1. The van der Waals surface area contributed by atoms with Crippen LogP contribution < -0.4 is 0 Å². The summed E-state index contributed by atoms with van der Waals surface area (Å²) in [4.78, 5) is 42.0. The molecular formula is C29H55O8P. The zero-order valence-corrected chi connectivity index (χ0v) is 25.0. The van der Waals surface area contributed by atoms with E-state index in [0.29, 0.717) is 6.42 Å². The van der Waals surface area contributed by atoms with E-state index >= 15 is 0 Å². The van der Waals surface area contributed by atoms with Crippen molar-refractivity contribution >= 4 is 19.8 Å². The Morgan fingerprint density at radius 2 is 1.11 bits per heavy atom. The lowest BCUT2D eigenvalue weighted by atomic mass is 10.1. The molecule has 38 heavy (non-hydrogen) atoms. The zero-order chi connectivity index (χ0) is 28.3. The minimum absolute atomic E-state index is 0.204. The first kappa shape index (κ1) is 36.8. The predicted molar refractivity (Wildman–Crippen MR) is 152 cm³/mol. The van der Waals surface area contributed by atoms with E-state index in [1.807, 2.05) is 0 Å². The van der Waals surface area contributed by atoms with Crippen LogP contribution in [0.1, 0.15) is 142 Å². The lowest BCUT2D eigenvalue weighted by molar-refractivity contribution is -0.161. The maximum absolute atomic E-state index is 12.2. The molecule has 2 N–H and O–H groups in total. The third kappa shape index (κ3) is 27.8. The summed E-state index contributed by atoms with van der Waals surface area (Å²) >= 11 is 0. The van der Waals surface area contributed by atoms with Gasteiger partial charge in [0.15, 0.2) is 6.10 Å². The van der Waals surface area contributed by atoms with Gasteiger partial charge in [0.1, 0.15) is 6.61 Å². The molecule has 1 atom stereocenters. The second kappa shape index (κ2) is 26.0. The number of ether oxygens (including phenoxy) is 2. The van der Waals surface area contributed by atoms with E-state index in [4.69, 9.17) is 19.3 Å². The maximum atomic E-state index is 12.2. The van der Waals surface area contributed by atoms with Crippen LogP contribution in [0.4, 0.5) is 0 Å². The van der Waals surface area contributed by atoms with E-state index in [2.05, 4.69) is 30.5 Å². The smallest absolute Gasteiger partial charge is 0.462 e. The van der Waals surface area contributed by atoms with Gasteiger partial charge < -0.3 is 19.3 Å². The molecule has 224 valence electrons. The first-order valence-electron chi connectivity index (χ1n) is 15.0. The van der Waals surface area contributed by atoms with Crippen molar-refractivity contribution in [3.05, 3.63) is 12.2 Å². The highest BCUT2D eigenvalue weighted by atomic mass is 31.2. The molecule has 0 aromatic rings. The summed E-state index contributed by atoms with van der Waals surface area (Å²) in [6.45, 7) is 3.54. The average Bonchev–Trinajstić information content (AvgIpc) is 2.87. The molecule has 0 heterocycles. The van der Waals surface area contributed by atoms with Crippen molar-refractivity contribution in [3.63, 3.8) is 0 Å². The molecule has 0 fully saturated rings. The Hall–Kier alpha value is -1.21. The van der Waals surface area contributed by atoms with Gasteiger partial charge in [0.2, 0.25) is 0 Å². The van der Waals surface area contributed by atoms with Crippen LogP contribution in [0, 0.1) is 0 Å². The zero-order valence-electron chi connectivity index (χ0n) is 24.1. The number of hydrogen-bond acceptors (Lipinski definition) is 6. The highest BCUT2D eigenvalue weighted by Crippen LogP contribution is 2.35. The molecule has 8 nitrogen and oxygen atoms in total. The molecule has 0 aromatic carbocycles. The largest absolute Gasteiger partial charge is 0.469 e. The topological polar surface area (TPSA) is 119 Å². The Labute approximate surface area is 231 Å². The summed E-state index contributed by atoms with van der Waals surface area (Å²) in [7, 11) is -4.73. The second-order valence-electron chi connectivity index (χ2n) is 10.1. The Bertz CT molecular complexity index is 646. The van der Waals surface area contributed by atoms with E-state index in [1.165, 1.54) is 44.9 Å². The number of unbranched alkanes of at least 4 members (excludes halogenated alkanes) is 15. The number of rotatable bonds is 27. The summed E-state index contributed by atoms with van der Waals surface area (Å²) in [5.74, 6) is -0.909. The first-order valence-corrected chi connectivity index (χ1v) is 16.5. The highest BCUT2D eigenvalue weighted by Gasteiger charge is 2.22. The van der Waals surface area contributed by atoms with E-state index < -0.39 is 32.5 Å². The fourth-order valence-electron chi connectivity index (χ4n) is 4.01. The Balaban J connectivity index is 3.99. The van der Waals surface area contributed by atoms with Gasteiger partial charge in [-0.2, -0.15) is 0 Å². The Kier molecular flexibility index (Phi) is 25.2. The van der Waals surface area contributed by atoms with Crippen LogP contribution in [0.5, 0.6) is 0 Å². The van der Waals surface area contributed by atoms with Crippen molar-refractivity contribution < 1.29 is 37.9 Å². The quantitative estimate of drug-likeness (QED) is 0.0448. The molecular weight excluding hydrogens is 507 g/mol. The Morgan fingerprint density at radius 3 is 1.61 bits per heavy atom. The molecule has 0 saturated carbocycles. The molecule has 0 aliphatic carbocycles. The highest BCUT2D eigenvalue weighted by molar-refractivity contribution is 7.46. The van der Waals surface area contributed by atoms with E-state index in [1.54, 1.807) is 0 Å². The van der Waals surface area contributed by atoms with Crippen LogP contribution in [0.2, 0.25) is 0 Å². The number of phosphoric ester groups is 1. The van der Waals surface area contributed by atoms with Gasteiger partial charge in [0, 0.05) is 12.8 Å². The van der Waals surface area contributed by atoms with Gasteiger partial charge in [-0.1, -0.05) is 103 Å². The van der Waals surface area contributed by atoms with Crippen LogP contribution in [0.25, 0.3) is 0 Å². The van der Waals surface area contributed by atoms with E-state index in [0.717, 1.165) is 64.2 Å². The maximum Gasteiger partial charge on any atom is 0.469 e. The number of carbonyl (C=O) groups excluding carboxylic acids is 2. The van der Waals surface area contributed by atoms with Gasteiger partial charge in [-0.3, -0.25) is 14.1 Å². The molecule has 0 spiro atoms. The Morgan fingerprint density at radius 1 is 0.658 bits per heavy atom. The standard InChI is InChI=1S/C29H55O8P/c1-3-5-7-9-10-11-12-13-14-15-16-17-18-20-22-24-29(31)37-27(26-36-38(32,33)34)25-35-28(30)23-21-19-8-6-4-2/h13-14,27H,3-12,15-26H2,1-2H3,(H2,32,33,34)/b14-13+/t27-/m0/s1. The van der Waals surface area contributed by atoms with Gasteiger partial charge in [-0.05, 0) is 38.5 Å². The predicted octanol–water partition coefficient (Wildman–Crippen LogP) is 7.95. The number of carbonyl (C=O) groups is 2. The van der Waals surface area contributed by atoms with Crippen molar-refractivity contribution in [2.24, 2.45) is 0 Å². The molecule has 9 heteroatoms. The fraction of sp³-hybridized carbons (Fsp3) is 0.862. The molecule has 0 aliphatic rings. The number of esters is 2. The average molecular weight is 563 g/mol. The van der Waals surface area contributed by atoms with E-state index in [-0.39, 0.29) is 19.4 Å². The third-order valence-corrected chi connectivity index (χ3v) is 6.77. The summed E-state index contributed by atoms with van der Waals surface area (Å²) in [6, 6.07) is 0. The summed E-state index contributed by atoms with van der Waals surface area (Å²) < 4.78 is 25.9. The van der Waals surface area contributed by atoms with Crippen LogP contribution in [-0.4, -0.2) is 41.0 Å². The molecule has 0 aliphatic heterocycles. The lowest BCUT2D eigenvalue weighted by Crippen LogP contribution is -2.29. The molecule has 0 amide bonds. The van der Waals surface area contributed by atoms with E-state index in [9.17, 15) is 14.2 Å². The number of allylic oxidation sites excluding steroid dienone is 2. The van der Waals surface area contributed by atoms with Gasteiger partial charge in [0.05, 0.1) is 6.61 Å². The lowest BCUT2D eigenvalue weighted by Gasteiger charge is -2.18. The van der Waals surface area contributed by atoms with Crippen LogP contribution in [0.3, 0.4) is 0 Å². The summed E-state index contributed by atoms with van der Waals surface area (Å²) in [5.41, 5.74) is 0. The molecule has 0 bridgehead atoms. The van der Waals surface area contributed by atoms with Crippen LogP contribution in [-0.2, 0) is 28.2 Å². The SMILES string of the molecule is CCCCCCCC/C=C/CCCCCCCC(=O)O[C@@H](COC(=O)CCCCCCC)COP(=O)(O)O. The number of hydrogen-bond donors (Lipinski definition) is 2. The van der Waals surface area contributed by atoms with Crippen molar-refractivity contribution in [2.45, 2.75) is 148 Å². The molecule has 0 unspecified atom stereocenters. The van der Waals surface area contributed by atoms with Crippen molar-refractivity contribution in [1.82, 2.24) is 0 Å². The molecule has 0 saturated heterocycles. The van der Waals surface area contributed by atoms with Crippen LogP contribution >= 0.6 is 7.82 Å². The van der Waals surface area contributed by atoms with Crippen LogP contribution in [0.15, 0.2) is 12.2 Å². The second-order valence-corrected chi connectivity index (χ2v) is 11.3. The van der Waals surface area contributed by atoms with Gasteiger partial charge in [-0.25, -0.2) is 4.57 Å². The molecule has 0 rings (SSSR count). The normalized spacial score (nSPS) is 12.6. The molecule has 0 radical (unpaired) electrons. The summed E-state index contributed by atoms with van der Waals surface area (Å²) in [5, 5.41) is 0. The number of phosphoric acid groups is 1. The first-order chi connectivity index (χ1) is 18.3. The fourth-order valence-corrected chi connectivity index (χ4v) is 4.37. The van der Waals surface area contributed by atoms with Gasteiger partial charge in [-0.15, -0.1) is 0 Å².